The molecule has 188 valence electrons. The summed E-state index contributed by atoms with van der Waals surface area (Å²) in [5.74, 6) is -1.52. The molecule has 8 heteroatoms. The zero-order valence-corrected chi connectivity index (χ0v) is 20.3. The summed E-state index contributed by atoms with van der Waals surface area (Å²) in [7, 11) is 0. The van der Waals surface area contributed by atoms with Crippen LogP contribution < -0.4 is 0 Å². The van der Waals surface area contributed by atoms with Gasteiger partial charge in [-0.3, -0.25) is 29.0 Å². The van der Waals surface area contributed by atoms with Gasteiger partial charge in [-0.05, 0) is 69.4 Å². The molecule has 0 aromatic heterocycles. The minimum atomic E-state index is -0.380. The first-order valence-corrected chi connectivity index (χ1v) is 12.6. The molecule has 2 aliphatic heterocycles. The van der Waals surface area contributed by atoms with Crippen molar-refractivity contribution >= 4 is 66.7 Å². The highest BCUT2D eigenvalue weighted by Gasteiger charge is 2.36. The Morgan fingerprint density at radius 1 is 0.447 bits per heavy atom. The summed E-state index contributed by atoms with van der Waals surface area (Å²) in [6.07, 6.45) is 0.613. The van der Waals surface area contributed by atoms with Gasteiger partial charge in [0.25, 0.3) is 23.6 Å². The Balaban J connectivity index is 1.55. The van der Waals surface area contributed by atoms with Gasteiger partial charge in [-0.25, -0.2) is 0 Å². The standard InChI is InChI=1S/C30H22N2O6/c33-13-1-11-31-27(35)19-7-3-15-17-5-9-21-26-22(30(38)32(29(21)37)12-2-14-34)10-6-18(24(17)26)16-4-8-20(28(31)36)25(19)23(15)16/h3-10,33-34H,1-2,11-14H2. The van der Waals surface area contributed by atoms with Crippen LogP contribution in [0.2, 0.25) is 0 Å². The van der Waals surface area contributed by atoms with E-state index in [-0.39, 0.29) is 49.9 Å². The van der Waals surface area contributed by atoms with Crippen molar-refractivity contribution in [3.05, 3.63) is 70.8 Å². The first kappa shape index (κ1) is 22.8. The number of aliphatic hydroxyl groups is 2. The topological polar surface area (TPSA) is 115 Å². The third-order valence-electron chi connectivity index (χ3n) is 7.88. The van der Waals surface area contributed by atoms with Gasteiger partial charge in [0.15, 0.2) is 0 Å². The van der Waals surface area contributed by atoms with Crippen molar-refractivity contribution in [1.82, 2.24) is 9.80 Å². The van der Waals surface area contributed by atoms with Crippen molar-refractivity contribution in [3.8, 4) is 0 Å². The Morgan fingerprint density at radius 3 is 1.00 bits per heavy atom. The molecule has 0 radical (unpaired) electrons. The van der Waals surface area contributed by atoms with Crippen LogP contribution in [0.5, 0.6) is 0 Å². The maximum atomic E-state index is 13.3. The molecule has 2 N–H and O–H groups in total. The lowest BCUT2D eigenvalue weighted by Gasteiger charge is -2.30. The minimum absolute atomic E-state index is 0.119. The molecule has 2 heterocycles. The Kier molecular flexibility index (Phi) is 4.82. The van der Waals surface area contributed by atoms with Crippen molar-refractivity contribution in [2.24, 2.45) is 0 Å². The van der Waals surface area contributed by atoms with Crippen molar-refractivity contribution in [1.29, 1.82) is 0 Å². The smallest absolute Gasteiger partial charge is 0.261 e. The summed E-state index contributed by atoms with van der Waals surface area (Å²) >= 11 is 0. The van der Waals surface area contributed by atoms with Crippen LogP contribution in [0.1, 0.15) is 54.3 Å². The Hall–Kier alpha value is -4.40. The largest absolute Gasteiger partial charge is 0.396 e. The van der Waals surface area contributed by atoms with E-state index in [1.807, 2.05) is 24.3 Å². The second-order valence-electron chi connectivity index (χ2n) is 9.82. The van der Waals surface area contributed by atoms with Crippen molar-refractivity contribution in [2.45, 2.75) is 12.8 Å². The zero-order valence-electron chi connectivity index (χ0n) is 20.3. The molecule has 5 aromatic carbocycles. The molecule has 2 aliphatic rings. The summed E-state index contributed by atoms with van der Waals surface area (Å²) in [6.45, 7) is 0.0473. The van der Waals surface area contributed by atoms with E-state index in [1.165, 1.54) is 9.80 Å². The number of carbonyl (C=O) groups is 4. The van der Waals surface area contributed by atoms with E-state index in [0.717, 1.165) is 32.3 Å². The Morgan fingerprint density at radius 2 is 0.737 bits per heavy atom. The van der Waals surface area contributed by atoms with Gasteiger partial charge in [0.05, 0.1) is 0 Å². The fraction of sp³-hybridized carbons (Fsp3) is 0.200. The second kappa shape index (κ2) is 8.05. The normalized spacial score (nSPS) is 15.3. The molecule has 8 nitrogen and oxygen atoms in total. The van der Waals surface area contributed by atoms with E-state index in [4.69, 9.17) is 0 Å². The van der Waals surface area contributed by atoms with Crippen LogP contribution in [-0.2, 0) is 0 Å². The first-order valence-electron chi connectivity index (χ1n) is 12.6. The SMILES string of the molecule is O=C1c2ccc3c4ccc5c6c(ccc(c7ccc(c2c37)C(=O)N1CCCO)c64)C(=O)N(CCCO)C5=O. The monoisotopic (exact) mass is 506 g/mol. The van der Waals surface area contributed by atoms with Crippen LogP contribution >= 0.6 is 0 Å². The van der Waals surface area contributed by atoms with Crippen LogP contribution in [0.4, 0.5) is 0 Å². The van der Waals surface area contributed by atoms with Crippen molar-refractivity contribution in [3.63, 3.8) is 0 Å². The quantitative estimate of drug-likeness (QED) is 0.206. The highest BCUT2D eigenvalue weighted by molar-refractivity contribution is 6.41. The third kappa shape index (κ3) is 2.76. The predicted octanol–water partition coefficient (Wildman–Crippen LogP) is 3.69. The number of benzene rings is 5. The summed E-state index contributed by atoms with van der Waals surface area (Å²) < 4.78 is 0. The van der Waals surface area contributed by atoms with Gasteiger partial charge in [-0.2, -0.15) is 0 Å². The molecule has 0 spiro atoms. The first-order chi connectivity index (χ1) is 18.5. The lowest BCUT2D eigenvalue weighted by atomic mass is 9.82. The molecule has 4 amide bonds. The minimum Gasteiger partial charge on any atom is -0.396 e. The van der Waals surface area contributed by atoms with Gasteiger partial charge in [0.1, 0.15) is 0 Å². The average Bonchev–Trinajstić information content (AvgIpc) is 2.93. The zero-order chi connectivity index (χ0) is 26.3. The molecule has 0 saturated heterocycles. The van der Waals surface area contributed by atoms with Gasteiger partial charge in [0.2, 0.25) is 0 Å². The lowest BCUT2D eigenvalue weighted by Crippen LogP contribution is -2.41. The summed E-state index contributed by atoms with van der Waals surface area (Å²) in [6, 6.07) is 14.4. The van der Waals surface area contributed by atoms with Gasteiger partial charge >= 0.3 is 0 Å². The van der Waals surface area contributed by atoms with Gasteiger partial charge in [-0.1, -0.05) is 24.3 Å². The van der Waals surface area contributed by atoms with E-state index < -0.39 is 0 Å². The molecular formula is C30H22N2O6. The molecule has 0 fully saturated rings. The molecule has 0 saturated carbocycles. The maximum Gasteiger partial charge on any atom is 0.261 e. The molecule has 0 unspecified atom stereocenters. The van der Waals surface area contributed by atoms with Crippen LogP contribution in [0, 0.1) is 0 Å². The number of hydrogen-bond donors (Lipinski definition) is 2. The number of fused-ring (bicyclic) bond motifs is 2. The number of rotatable bonds is 6. The lowest BCUT2D eigenvalue weighted by molar-refractivity contribution is 0.0585. The van der Waals surface area contributed by atoms with Crippen molar-refractivity contribution < 1.29 is 29.4 Å². The molecule has 5 aromatic rings. The van der Waals surface area contributed by atoms with Crippen LogP contribution in [0.25, 0.3) is 43.1 Å². The fourth-order valence-corrected chi connectivity index (χ4v) is 6.23. The van der Waals surface area contributed by atoms with E-state index in [9.17, 15) is 29.4 Å². The van der Waals surface area contributed by atoms with Crippen molar-refractivity contribution in [2.75, 3.05) is 26.3 Å². The number of hydrogen-bond acceptors (Lipinski definition) is 6. The average molecular weight is 507 g/mol. The second-order valence-corrected chi connectivity index (χ2v) is 9.82. The van der Waals surface area contributed by atoms with E-state index in [0.29, 0.717) is 45.9 Å². The van der Waals surface area contributed by atoms with Gasteiger partial charge < -0.3 is 10.2 Å². The van der Waals surface area contributed by atoms with Gasteiger partial charge in [0, 0.05) is 59.3 Å². The predicted molar refractivity (Wildman–Crippen MR) is 142 cm³/mol. The molecule has 0 aliphatic carbocycles. The molecule has 38 heavy (non-hydrogen) atoms. The van der Waals surface area contributed by atoms with E-state index in [2.05, 4.69) is 0 Å². The molecule has 7 rings (SSSR count). The summed E-state index contributed by atoms with van der Waals surface area (Å²) in [5, 5.41) is 24.6. The summed E-state index contributed by atoms with van der Waals surface area (Å²) in [4.78, 5) is 55.7. The third-order valence-corrected chi connectivity index (χ3v) is 7.88. The Labute approximate surface area is 216 Å². The molecule has 0 bridgehead atoms. The summed E-state index contributed by atoms with van der Waals surface area (Å²) in [5.41, 5.74) is 1.77. The van der Waals surface area contributed by atoms with Gasteiger partial charge in [-0.15, -0.1) is 0 Å². The fourth-order valence-electron chi connectivity index (χ4n) is 6.23. The number of amides is 4. The highest BCUT2D eigenvalue weighted by atomic mass is 16.3. The number of aliphatic hydroxyl groups excluding tert-OH is 2. The van der Waals surface area contributed by atoms with E-state index >= 15 is 0 Å². The highest BCUT2D eigenvalue weighted by Crippen LogP contribution is 2.46. The van der Waals surface area contributed by atoms with E-state index in [1.54, 1.807) is 24.3 Å². The van der Waals surface area contributed by atoms with Crippen LogP contribution in [-0.4, -0.2) is 69.9 Å². The maximum absolute atomic E-state index is 13.3. The van der Waals surface area contributed by atoms with Crippen LogP contribution in [0.3, 0.4) is 0 Å². The molecule has 0 atom stereocenters. The van der Waals surface area contributed by atoms with Crippen LogP contribution in [0.15, 0.2) is 48.5 Å². The number of nitrogens with zero attached hydrogens (tertiary/aromatic N) is 2. The number of imide groups is 2. The molecular weight excluding hydrogens is 484 g/mol. The Bertz CT molecular complexity index is 1630. The number of carbonyl (C=O) groups excluding carboxylic acids is 4.